The molecule has 2 N–H and O–H groups in total. The van der Waals surface area contributed by atoms with Crippen molar-refractivity contribution in [1.82, 2.24) is 9.47 Å². The molecule has 1 fully saturated rings. The van der Waals surface area contributed by atoms with Gasteiger partial charge in [0.05, 0.1) is 10.6 Å². The number of hydrogen-bond acceptors (Lipinski definition) is 3. The Morgan fingerprint density at radius 3 is 3.00 bits per heavy atom. The Balaban J connectivity index is 1.60. The van der Waals surface area contributed by atoms with Gasteiger partial charge in [-0.3, -0.25) is 0 Å². The van der Waals surface area contributed by atoms with E-state index < -0.39 is 0 Å². The number of likely N-dealkylation sites (N-methyl/N-ethyl adjacent to an activating group) is 1. The minimum Gasteiger partial charge on any atom is -0.383 e. The molecule has 1 saturated heterocycles. The van der Waals surface area contributed by atoms with Crippen molar-refractivity contribution < 1.29 is 0 Å². The zero-order chi connectivity index (χ0) is 16.5. The van der Waals surface area contributed by atoms with Crippen LogP contribution < -0.4 is 5.73 Å². The first kappa shape index (κ1) is 15.4. The van der Waals surface area contributed by atoms with E-state index in [9.17, 15) is 0 Å². The maximum atomic E-state index is 6.09. The fraction of sp³-hybridized carbons (Fsp3) is 0.316. The molecule has 3 heterocycles. The van der Waals surface area contributed by atoms with E-state index in [2.05, 4.69) is 52.0 Å². The van der Waals surface area contributed by atoms with E-state index in [0.29, 0.717) is 11.9 Å². The van der Waals surface area contributed by atoms with Gasteiger partial charge in [-0.05, 0) is 62.1 Å². The van der Waals surface area contributed by atoms with Gasteiger partial charge in [0.15, 0.2) is 0 Å². The van der Waals surface area contributed by atoms with Crippen molar-refractivity contribution in [2.24, 2.45) is 10.7 Å². The highest BCUT2D eigenvalue weighted by Gasteiger charge is 2.21. The van der Waals surface area contributed by atoms with E-state index >= 15 is 0 Å². The summed E-state index contributed by atoms with van der Waals surface area (Å²) < 4.78 is 2.36. The molecule has 1 atom stereocenters. The standard InChI is InChI=1S/C19H22N4S/c1-22-9-2-4-16(22)13-23-10-8-14-12-15(6-7-17(14)23)21-19(20)18-5-3-11-24-18/h3,5-8,10-12,16H,2,4,9,13H2,1H3,(H2,20,21)/t16-/m0/s1. The van der Waals surface area contributed by atoms with Gasteiger partial charge in [-0.15, -0.1) is 11.3 Å². The van der Waals surface area contributed by atoms with E-state index in [-0.39, 0.29) is 0 Å². The van der Waals surface area contributed by atoms with Crippen LogP contribution in [-0.4, -0.2) is 34.9 Å². The van der Waals surface area contributed by atoms with Gasteiger partial charge in [0.2, 0.25) is 0 Å². The predicted octanol–water partition coefficient (Wildman–Crippen LogP) is 3.83. The van der Waals surface area contributed by atoms with Crippen molar-refractivity contribution in [3.8, 4) is 0 Å². The summed E-state index contributed by atoms with van der Waals surface area (Å²) in [5.41, 5.74) is 8.27. The molecule has 24 heavy (non-hydrogen) atoms. The lowest BCUT2D eigenvalue weighted by molar-refractivity contribution is 0.284. The first-order chi connectivity index (χ1) is 11.7. The van der Waals surface area contributed by atoms with Gasteiger partial charge in [0.25, 0.3) is 0 Å². The number of aromatic nitrogens is 1. The van der Waals surface area contributed by atoms with Gasteiger partial charge in [-0.1, -0.05) is 6.07 Å². The van der Waals surface area contributed by atoms with Crippen molar-refractivity contribution >= 4 is 33.8 Å². The summed E-state index contributed by atoms with van der Waals surface area (Å²) in [6.07, 6.45) is 4.78. The highest BCUT2D eigenvalue weighted by Crippen LogP contribution is 2.25. The highest BCUT2D eigenvalue weighted by atomic mass is 32.1. The van der Waals surface area contributed by atoms with Crippen molar-refractivity contribution in [2.75, 3.05) is 13.6 Å². The second-order valence-corrected chi connectivity index (χ2v) is 7.41. The second-order valence-electron chi connectivity index (χ2n) is 6.46. The summed E-state index contributed by atoms with van der Waals surface area (Å²) >= 11 is 1.61. The van der Waals surface area contributed by atoms with E-state index in [0.717, 1.165) is 17.1 Å². The van der Waals surface area contributed by atoms with E-state index in [1.54, 1.807) is 11.3 Å². The van der Waals surface area contributed by atoms with Crippen LogP contribution >= 0.6 is 11.3 Å². The largest absolute Gasteiger partial charge is 0.383 e. The normalized spacial score (nSPS) is 19.4. The first-order valence-electron chi connectivity index (χ1n) is 8.38. The van der Waals surface area contributed by atoms with Gasteiger partial charge in [0.1, 0.15) is 5.84 Å². The van der Waals surface area contributed by atoms with Crippen LogP contribution in [0.4, 0.5) is 5.69 Å². The van der Waals surface area contributed by atoms with Crippen LogP contribution in [-0.2, 0) is 6.54 Å². The van der Waals surface area contributed by atoms with Gasteiger partial charge in [0, 0.05) is 29.7 Å². The van der Waals surface area contributed by atoms with E-state index in [1.807, 2.05) is 17.5 Å². The number of benzene rings is 1. The molecule has 1 aliphatic rings. The summed E-state index contributed by atoms with van der Waals surface area (Å²) in [7, 11) is 2.23. The quantitative estimate of drug-likeness (QED) is 0.580. The number of thiophene rings is 1. The molecule has 5 heteroatoms. The van der Waals surface area contributed by atoms with Crippen LogP contribution in [0.2, 0.25) is 0 Å². The zero-order valence-corrected chi connectivity index (χ0v) is 14.7. The Bertz CT molecular complexity index is 863. The second kappa shape index (κ2) is 6.42. The average Bonchev–Trinajstić information content (AvgIpc) is 3.30. The lowest BCUT2D eigenvalue weighted by Gasteiger charge is -2.20. The maximum Gasteiger partial charge on any atom is 0.141 e. The van der Waals surface area contributed by atoms with Crippen LogP contribution in [0.15, 0.2) is 53.0 Å². The summed E-state index contributed by atoms with van der Waals surface area (Å²) in [6, 6.07) is 13.1. The zero-order valence-electron chi connectivity index (χ0n) is 13.9. The van der Waals surface area contributed by atoms with E-state index in [4.69, 9.17) is 5.73 Å². The lowest BCUT2D eigenvalue weighted by atomic mass is 10.2. The molecule has 4 nitrogen and oxygen atoms in total. The predicted molar refractivity (Wildman–Crippen MR) is 102 cm³/mol. The fourth-order valence-electron chi connectivity index (χ4n) is 3.47. The van der Waals surface area contributed by atoms with Crippen LogP contribution in [0.3, 0.4) is 0 Å². The Hall–Kier alpha value is -2.11. The van der Waals surface area contributed by atoms with Crippen molar-refractivity contribution in [2.45, 2.75) is 25.4 Å². The summed E-state index contributed by atoms with van der Waals surface area (Å²) in [6.45, 7) is 2.27. The Kier molecular flexibility index (Phi) is 4.12. The van der Waals surface area contributed by atoms with Gasteiger partial charge in [-0.2, -0.15) is 0 Å². The Morgan fingerprint density at radius 2 is 2.25 bits per heavy atom. The van der Waals surface area contributed by atoms with Crippen LogP contribution in [0.1, 0.15) is 17.7 Å². The number of likely N-dealkylation sites (tertiary alicyclic amines) is 1. The first-order valence-corrected chi connectivity index (χ1v) is 9.26. The minimum atomic E-state index is 0.580. The molecule has 3 aromatic rings. The minimum absolute atomic E-state index is 0.580. The molecule has 0 radical (unpaired) electrons. The Morgan fingerprint density at radius 1 is 1.33 bits per heavy atom. The smallest absolute Gasteiger partial charge is 0.141 e. The fourth-order valence-corrected chi connectivity index (χ4v) is 4.10. The molecule has 0 aliphatic carbocycles. The lowest BCUT2D eigenvalue weighted by Crippen LogP contribution is -2.28. The number of nitrogens with zero attached hydrogens (tertiary/aromatic N) is 3. The van der Waals surface area contributed by atoms with Gasteiger partial charge >= 0.3 is 0 Å². The number of amidine groups is 1. The van der Waals surface area contributed by atoms with Gasteiger partial charge < -0.3 is 15.2 Å². The van der Waals surface area contributed by atoms with Crippen LogP contribution in [0.5, 0.6) is 0 Å². The molecular weight excluding hydrogens is 316 g/mol. The van der Waals surface area contributed by atoms with Gasteiger partial charge in [-0.25, -0.2) is 4.99 Å². The number of aliphatic imine (C=N–C) groups is 1. The number of nitrogens with two attached hydrogens (primary N) is 1. The third kappa shape index (κ3) is 2.97. The van der Waals surface area contributed by atoms with Crippen molar-refractivity contribution in [1.29, 1.82) is 0 Å². The molecule has 4 rings (SSSR count). The van der Waals surface area contributed by atoms with Crippen molar-refractivity contribution in [3.63, 3.8) is 0 Å². The number of fused-ring (bicyclic) bond motifs is 1. The topological polar surface area (TPSA) is 46.5 Å². The summed E-state index contributed by atoms with van der Waals surface area (Å²) in [5, 5.41) is 3.23. The monoisotopic (exact) mass is 338 g/mol. The molecule has 0 amide bonds. The molecule has 0 saturated carbocycles. The molecule has 2 aromatic heterocycles. The Labute approximate surface area is 146 Å². The average molecular weight is 338 g/mol. The van der Waals surface area contributed by atoms with E-state index in [1.165, 1.54) is 30.3 Å². The number of rotatable bonds is 4. The van der Waals surface area contributed by atoms with Crippen molar-refractivity contribution in [3.05, 3.63) is 52.9 Å². The highest BCUT2D eigenvalue weighted by molar-refractivity contribution is 7.12. The molecule has 1 aliphatic heterocycles. The molecule has 0 unspecified atom stereocenters. The van der Waals surface area contributed by atoms with Crippen LogP contribution in [0, 0.1) is 0 Å². The summed E-state index contributed by atoms with van der Waals surface area (Å²) in [5.74, 6) is 0.580. The molecule has 124 valence electrons. The summed E-state index contributed by atoms with van der Waals surface area (Å²) in [4.78, 5) is 8.04. The third-order valence-electron chi connectivity index (χ3n) is 4.86. The maximum absolute atomic E-state index is 6.09. The molecule has 0 bridgehead atoms. The molecule has 0 spiro atoms. The SMILES string of the molecule is CN1CCC[C@H]1Cn1ccc2cc(N=C(N)c3cccs3)ccc21. The number of hydrogen-bond donors (Lipinski definition) is 1. The molecule has 1 aromatic carbocycles. The third-order valence-corrected chi connectivity index (χ3v) is 5.75. The van der Waals surface area contributed by atoms with Crippen LogP contribution in [0.25, 0.3) is 10.9 Å². The molecular formula is C19H22N4S.